The zero-order chi connectivity index (χ0) is 15.3. The topological polar surface area (TPSA) is 20.3 Å². The lowest BCUT2D eigenvalue weighted by atomic mass is 10.2. The van der Waals surface area contributed by atoms with Crippen LogP contribution in [0.5, 0.6) is 0 Å². The Morgan fingerprint density at radius 3 is 2.55 bits per heavy atom. The van der Waals surface area contributed by atoms with Gasteiger partial charge in [0.05, 0.1) is 5.56 Å². The Bertz CT molecular complexity index is 479. The van der Waals surface area contributed by atoms with E-state index in [0.29, 0.717) is 15.0 Å². The van der Waals surface area contributed by atoms with Crippen molar-refractivity contribution in [3.8, 4) is 0 Å². The van der Waals surface area contributed by atoms with Gasteiger partial charge in [0.1, 0.15) is 6.54 Å². The number of carbonyl (C=O) groups excluding carboxylic acids is 1. The number of halogens is 5. The molecule has 0 saturated carbocycles. The van der Waals surface area contributed by atoms with E-state index in [1.165, 1.54) is 12.1 Å². The molecule has 0 unspecified atom stereocenters. The van der Waals surface area contributed by atoms with E-state index in [1.807, 2.05) is 29.5 Å². The van der Waals surface area contributed by atoms with Crippen molar-refractivity contribution in [2.45, 2.75) is 25.9 Å². The van der Waals surface area contributed by atoms with Crippen molar-refractivity contribution >= 4 is 40.1 Å². The number of alkyl halides is 3. The Hall–Kier alpha value is -0.500. The highest BCUT2D eigenvalue weighted by Gasteiger charge is 2.33. The van der Waals surface area contributed by atoms with E-state index in [1.54, 1.807) is 6.07 Å². The third-order valence-electron chi connectivity index (χ3n) is 2.60. The molecule has 0 N–H and O–H groups in total. The maximum absolute atomic E-state index is 12.6. The molecule has 0 aliphatic rings. The Balaban J connectivity index is 2.96. The zero-order valence-electron chi connectivity index (χ0n) is 10.8. The van der Waals surface area contributed by atoms with Crippen LogP contribution in [-0.4, -0.2) is 30.1 Å². The molecule has 0 aliphatic heterocycles. The molecule has 0 saturated heterocycles. The van der Waals surface area contributed by atoms with Crippen LogP contribution in [0.2, 0.25) is 5.02 Å². The smallest absolute Gasteiger partial charge is 0.330 e. The van der Waals surface area contributed by atoms with Gasteiger partial charge >= 0.3 is 6.18 Å². The highest BCUT2D eigenvalue weighted by Crippen LogP contribution is 2.22. The van der Waals surface area contributed by atoms with E-state index < -0.39 is 18.6 Å². The number of hydrogen-bond donors (Lipinski definition) is 0. The zero-order valence-corrected chi connectivity index (χ0v) is 13.7. The predicted octanol–water partition coefficient (Wildman–Crippen LogP) is 4.75. The summed E-state index contributed by atoms with van der Waals surface area (Å²) in [4.78, 5) is 13.1. The number of nitrogens with zero attached hydrogens (tertiary/aromatic N) is 1. The van der Waals surface area contributed by atoms with Crippen molar-refractivity contribution in [1.29, 1.82) is 0 Å². The molecule has 112 valence electrons. The molecule has 0 aromatic heterocycles. The minimum atomic E-state index is -4.40. The van der Waals surface area contributed by atoms with Gasteiger partial charge in [0.2, 0.25) is 0 Å². The summed E-state index contributed by atoms with van der Waals surface area (Å²) in [7, 11) is 0. The number of hydrogen-bond acceptors (Lipinski definition) is 1. The van der Waals surface area contributed by atoms with Gasteiger partial charge < -0.3 is 4.90 Å². The molecule has 2 nitrogen and oxygen atoms in total. The van der Waals surface area contributed by atoms with Gasteiger partial charge in [0.15, 0.2) is 0 Å². The van der Waals surface area contributed by atoms with Gasteiger partial charge in [-0.05, 0) is 47.2 Å². The van der Waals surface area contributed by atoms with Crippen molar-refractivity contribution in [3.63, 3.8) is 0 Å². The minimum absolute atomic E-state index is 0.0908. The van der Waals surface area contributed by atoms with Crippen molar-refractivity contribution in [2.75, 3.05) is 13.1 Å². The summed E-state index contributed by atoms with van der Waals surface area (Å²) in [6.45, 7) is 0.723. The van der Waals surface area contributed by atoms with Gasteiger partial charge in [0, 0.05) is 15.1 Å². The molecule has 1 aromatic carbocycles. The maximum Gasteiger partial charge on any atom is 0.406 e. The lowest BCUT2D eigenvalue weighted by Crippen LogP contribution is -2.39. The van der Waals surface area contributed by atoms with Crippen LogP contribution in [0, 0.1) is 3.57 Å². The van der Waals surface area contributed by atoms with Gasteiger partial charge in [-0.3, -0.25) is 4.79 Å². The molecule has 0 fully saturated rings. The second-order valence-corrected chi connectivity index (χ2v) is 5.92. The SMILES string of the molecule is CCCCN(CC(F)(F)F)C(=O)c1ccc(Cl)cc1I. The fraction of sp³-hybridized carbons (Fsp3) is 0.462. The predicted molar refractivity (Wildman–Crippen MR) is 81.0 cm³/mol. The van der Waals surface area contributed by atoms with Crippen molar-refractivity contribution in [2.24, 2.45) is 0 Å². The maximum atomic E-state index is 12.6. The van der Waals surface area contributed by atoms with Gasteiger partial charge in [0.25, 0.3) is 5.91 Å². The molecule has 0 radical (unpaired) electrons. The van der Waals surface area contributed by atoms with E-state index in [9.17, 15) is 18.0 Å². The van der Waals surface area contributed by atoms with Crippen LogP contribution in [0.15, 0.2) is 18.2 Å². The number of carbonyl (C=O) groups is 1. The van der Waals surface area contributed by atoms with Crippen molar-refractivity contribution in [3.05, 3.63) is 32.4 Å². The van der Waals surface area contributed by atoms with Gasteiger partial charge in [-0.1, -0.05) is 24.9 Å². The van der Waals surface area contributed by atoms with Crippen LogP contribution >= 0.6 is 34.2 Å². The van der Waals surface area contributed by atoms with E-state index in [2.05, 4.69) is 0 Å². The van der Waals surface area contributed by atoms with E-state index in [4.69, 9.17) is 11.6 Å². The standard InChI is InChI=1S/C13H14ClF3INO/c1-2-3-6-19(8-13(15,16)17)12(20)10-5-4-9(14)7-11(10)18/h4-5,7H,2-3,6,8H2,1H3. The lowest BCUT2D eigenvalue weighted by Gasteiger charge is -2.24. The normalized spacial score (nSPS) is 11.5. The van der Waals surface area contributed by atoms with Crippen LogP contribution in [0.1, 0.15) is 30.1 Å². The molecule has 1 aromatic rings. The Labute approximate surface area is 134 Å². The highest BCUT2D eigenvalue weighted by atomic mass is 127. The number of rotatable bonds is 5. The van der Waals surface area contributed by atoms with Gasteiger partial charge in [-0.15, -0.1) is 0 Å². The van der Waals surface area contributed by atoms with Crippen LogP contribution in [-0.2, 0) is 0 Å². The number of benzene rings is 1. The first-order valence-electron chi connectivity index (χ1n) is 6.05. The summed E-state index contributed by atoms with van der Waals surface area (Å²) < 4.78 is 38.2. The molecule has 0 aliphatic carbocycles. The monoisotopic (exact) mass is 419 g/mol. The molecule has 0 atom stereocenters. The molecular weight excluding hydrogens is 406 g/mol. The summed E-state index contributed by atoms with van der Waals surface area (Å²) in [5, 5.41) is 0.446. The highest BCUT2D eigenvalue weighted by molar-refractivity contribution is 14.1. The summed E-state index contributed by atoms with van der Waals surface area (Å²) in [6.07, 6.45) is -3.15. The van der Waals surface area contributed by atoms with E-state index in [-0.39, 0.29) is 12.1 Å². The van der Waals surface area contributed by atoms with E-state index in [0.717, 1.165) is 11.3 Å². The van der Waals surface area contributed by atoms with Gasteiger partial charge in [-0.25, -0.2) is 0 Å². The fourth-order valence-electron chi connectivity index (χ4n) is 1.65. The Morgan fingerprint density at radius 2 is 2.05 bits per heavy atom. The van der Waals surface area contributed by atoms with E-state index >= 15 is 0 Å². The summed E-state index contributed by atoms with van der Waals surface area (Å²) in [5.74, 6) is -0.614. The molecular formula is C13H14ClF3INO. The van der Waals surface area contributed by atoms with Gasteiger partial charge in [-0.2, -0.15) is 13.2 Å². The molecule has 0 heterocycles. The summed E-state index contributed by atoms with van der Waals surface area (Å²) in [6, 6.07) is 4.52. The third-order valence-corrected chi connectivity index (χ3v) is 3.73. The second-order valence-electron chi connectivity index (χ2n) is 4.32. The molecule has 0 spiro atoms. The molecule has 0 bridgehead atoms. The van der Waals surface area contributed by atoms with Crippen molar-refractivity contribution < 1.29 is 18.0 Å². The first-order chi connectivity index (χ1) is 9.24. The summed E-state index contributed by atoms with van der Waals surface area (Å²) >= 11 is 7.68. The second kappa shape index (κ2) is 7.49. The largest absolute Gasteiger partial charge is 0.406 e. The molecule has 1 rings (SSSR count). The lowest BCUT2D eigenvalue weighted by molar-refractivity contribution is -0.140. The molecule has 7 heteroatoms. The average molecular weight is 420 g/mol. The van der Waals surface area contributed by atoms with Crippen LogP contribution in [0.25, 0.3) is 0 Å². The van der Waals surface area contributed by atoms with Crippen LogP contribution in [0.4, 0.5) is 13.2 Å². The van der Waals surface area contributed by atoms with Crippen molar-refractivity contribution in [1.82, 2.24) is 4.90 Å². The Morgan fingerprint density at radius 1 is 1.40 bits per heavy atom. The van der Waals surface area contributed by atoms with Crippen LogP contribution < -0.4 is 0 Å². The molecule has 20 heavy (non-hydrogen) atoms. The average Bonchev–Trinajstić information content (AvgIpc) is 2.32. The number of amides is 1. The quantitative estimate of drug-likeness (QED) is 0.631. The first-order valence-corrected chi connectivity index (χ1v) is 7.51. The minimum Gasteiger partial charge on any atom is -0.330 e. The first kappa shape index (κ1) is 17.6. The summed E-state index contributed by atoms with van der Waals surface area (Å²) in [5.41, 5.74) is 0.246. The van der Waals surface area contributed by atoms with Crippen LogP contribution in [0.3, 0.4) is 0 Å². The number of unbranched alkanes of at least 4 members (excludes halogenated alkanes) is 1. The Kier molecular flexibility index (Phi) is 6.57. The molecule has 1 amide bonds. The fourth-order valence-corrected chi connectivity index (χ4v) is 2.75. The third kappa shape index (κ3) is 5.47.